The first-order valence-electron chi connectivity index (χ1n) is 6.34. The van der Waals surface area contributed by atoms with Crippen LogP contribution in [0.15, 0.2) is 40.9 Å². The molecule has 5 heteroatoms. The second-order valence-electron chi connectivity index (χ2n) is 4.66. The van der Waals surface area contributed by atoms with Gasteiger partial charge in [0.05, 0.1) is 29.8 Å². The lowest BCUT2D eigenvalue weighted by Crippen LogP contribution is -1.94. The van der Waals surface area contributed by atoms with Crippen LogP contribution < -0.4 is 4.74 Å². The van der Waals surface area contributed by atoms with E-state index in [1.807, 2.05) is 35.9 Å². The van der Waals surface area contributed by atoms with Crippen LogP contribution in [0.2, 0.25) is 0 Å². The number of hydrogen-bond donors (Lipinski definition) is 0. The molecule has 104 valence electrons. The van der Waals surface area contributed by atoms with Gasteiger partial charge in [0.1, 0.15) is 11.6 Å². The number of rotatable bonds is 2. The highest BCUT2D eigenvalue weighted by atomic mass is 79.9. The number of halogens is 1. The van der Waals surface area contributed by atoms with Gasteiger partial charge < -0.3 is 9.30 Å². The molecule has 0 aliphatic rings. The molecule has 0 bridgehead atoms. The quantitative estimate of drug-likeness (QED) is 0.710. The summed E-state index contributed by atoms with van der Waals surface area (Å²) in [6.07, 6.45) is 0. The van der Waals surface area contributed by atoms with Crippen molar-refractivity contribution in [1.29, 1.82) is 5.26 Å². The lowest BCUT2D eigenvalue weighted by molar-refractivity contribution is 0.415. The van der Waals surface area contributed by atoms with Crippen molar-refractivity contribution in [1.82, 2.24) is 9.55 Å². The molecule has 0 saturated carbocycles. The van der Waals surface area contributed by atoms with Crippen LogP contribution >= 0.6 is 15.9 Å². The summed E-state index contributed by atoms with van der Waals surface area (Å²) >= 11 is 3.55. The Hall–Kier alpha value is -2.32. The molecule has 0 aliphatic carbocycles. The third-order valence-electron chi connectivity index (χ3n) is 3.42. The van der Waals surface area contributed by atoms with Gasteiger partial charge in [0.15, 0.2) is 0 Å². The monoisotopic (exact) mass is 341 g/mol. The van der Waals surface area contributed by atoms with Crippen molar-refractivity contribution in [2.75, 3.05) is 7.11 Å². The van der Waals surface area contributed by atoms with E-state index in [0.717, 1.165) is 32.6 Å². The molecular formula is C16H12BrN3O. The standard InChI is InChI=1S/C16H12BrN3O/c1-20-15-6-3-10(9-18)7-14(15)19-16(20)12-8-11(21-2)4-5-13(12)17/h3-8H,1-2H3. The van der Waals surface area contributed by atoms with Crippen molar-refractivity contribution in [3.8, 4) is 23.2 Å². The Labute approximate surface area is 130 Å². The number of aryl methyl sites for hydroxylation is 1. The van der Waals surface area contributed by atoms with Gasteiger partial charge >= 0.3 is 0 Å². The Morgan fingerprint density at radius 1 is 1.24 bits per heavy atom. The fraction of sp³-hybridized carbons (Fsp3) is 0.125. The zero-order chi connectivity index (χ0) is 15.0. The Morgan fingerprint density at radius 3 is 2.76 bits per heavy atom. The summed E-state index contributed by atoms with van der Waals surface area (Å²) in [6, 6.07) is 13.4. The van der Waals surface area contributed by atoms with Crippen molar-refractivity contribution in [3.63, 3.8) is 0 Å². The lowest BCUT2D eigenvalue weighted by Gasteiger charge is -2.07. The van der Waals surface area contributed by atoms with Crippen molar-refractivity contribution in [3.05, 3.63) is 46.4 Å². The summed E-state index contributed by atoms with van der Waals surface area (Å²) < 4.78 is 8.24. The molecular weight excluding hydrogens is 330 g/mol. The Kier molecular flexibility index (Phi) is 3.40. The first-order valence-corrected chi connectivity index (χ1v) is 7.14. The number of methoxy groups -OCH3 is 1. The smallest absolute Gasteiger partial charge is 0.142 e. The van der Waals surface area contributed by atoms with Crippen molar-refractivity contribution < 1.29 is 4.74 Å². The SMILES string of the molecule is COc1ccc(Br)c(-c2nc3cc(C#N)ccc3n2C)c1. The molecule has 2 aromatic carbocycles. The molecule has 1 heterocycles. The van der Waals surface area contributed by atoms with Crippen LogP contribution in [0.5, 0.6) is 5.75 Å². The van der Waals surface area contributed by atoms with Crippen LogP contribution in [0.4, 0.5) is 0 Å². The summed E-state index contributed by atoms with van der Waals surface area (Å²) in [5, 5.41) is 8.99. The summed E-state index contributed by atoms with van der Waals surface area (Å²) in [5.74, 6) is 1.60. The number of ether oxygens (including phenoxy) is 1. The van der Waals surface area contributed by atoms with E-state index in [-0.39, 0.29) is 0 Å². The summed E-state index contributed by atoms with van der Waals surface area (Å²) in [6.45, 7) is 0. The maximum Gasteiger partial charge on any atom is 0.142 e. The van der Waals surface area contributed by atoms with Gasteiger partial charge in [-0.05, 0) is 36.4 Å². The number of fused-ring (bicyclic) bond motifs is 1. The Balaban J connectivity index is 2.26. The molecule has 3 rings (SSSR count). The first kappa shape index (κ1) is 13.7. The molecule has 0 fully saturated rings. The van der Waals surface area contributed by atoms with Gasteiger partial charge in [-0.3, -0.25) is 0 Å². The Bertz CT molecular complexity index is 877. The van der Waals surface area contributed by atoms with Gasteiger partial charge in [-0.25, -0.2) is 4.98 Å². The molecule has 0 N–H and O–H groups in total. The van der Waals surface area contributed by atoms with Crippen molar-refractivity contribution in [2.24, 2.45) is 7.05 Å². The highest BCUT2D eigenvalue weighted by Gasteiger charge is 2.14. The number of imidazole rings is 1. The normalized spacial score (nSPS) is 10.6. The molecule has 0 saturated heterocycles. The Morgan fingerprint density at radius 2 is 2.05 bits per heavy atom. The zero-order valence-corrected chi connectivity index (χ0v) is 13.2. The van der Waals surface area contributed by atoms with E-state index in [0.29, 0.717) is 5.56 Å². The molecule has 1 aromatic heterocycles. The summed E-state index contributed by atoms with van der Waals surface area (Å²) in [7, 11) is 3.60. The van der Waals surface area contributed by atoms with Gasteiger partial charge in [-0.2, -0.15) is 5.26 Å². The fourth-order valence-corrected chi connectivity index (χ4v) is 2.74. The minimum absolute atomic E-state index is 0.608. The first-order chi connectivity index (χ1) is 10.1. The van der Waals surface area contributed by atoms with Crippen LogP contribution in [0.25, 0.3) is 22.4 Å². The van der Waals surface area contributed by atoms with Gasteiger partial charge in [0, 0.05) is 17.1 Å². The van der Waals surface area contributed by atoms with Crippen LogP contribution in [0.3, 0.4) is 0 Å². The predicted molar refractivity (Wildman–Crippen MR) is 85.1 cm³/mol. The minimum Gasteiger partial charge on any atom is -0.497 e. The second kappa shape index (κ2) is 5.23. The third-order valence-corrected chi connectivity index (χ3v) is 4.12. The van der Waals surface area contributed by atoms with E-state index in [4.69, 9.17) is 10.00 Å². The molecule has 21 heavy (non-hydrogen) atoms. The lowest BCUT2D eigenvalue weighted by atomic mass is 10.2. The van der Waals surface area contributed by atoms with Crippen molar-refractivity contribution >= 4 is 27.0 Å². The molecule has 0 amide bonds. The maximum atomic E-state index is 8.99. The largest absolute Gasteiger partial charge is 0.497 e. The van der Waals surface area contributed by atoms with Gasteiger partial charge in [0.2, 0.25) is 0 Å². The average molecular weight is 342 g/mol. The van der Waals surface area contributed by atoms with Crippen molar-refractivity contribution in [2.45, 2.75) is 0 Å². The van der Waals surface area contributed by atoms with Gasteiger partial charge in [-0.1, -0.05) is 15.9 Å². The molecule has 0 atom stereocenters. The molecule has 4 nitrogen and oxygen atoms in total. The number of aromatic nitrogens is 2. The number of nitrogens with zero attached hydrogens (tertiary/aromatic N) is 3. The topological polar surface area (TPSA) is 50.8 Å². The molecule has 0 radical (unpaired) electrons. The third kappa shape index (κ3) is 2.28. The zero-order valence-electron chi connectivity index (χ0n) is 11.6. The van der Waals surface area contributed by atoms with Crippen LogP contribution in [0.1, 0.15) is 5.56 Å². The van der Waals surface area contributed by atoms with Crippen LogP contribution in [-0.4, -0.2) is 16.7 Å². The maximum absolute atomic E-state index is 8.99. The van der Waals surface area contributed by atoms with E-state index in [9.17, 15) is 0 Å². The molecule has 0 unspecified atom stereocenters. The predicted octanol–water partition coefficient (Wildman–Crippen LogP) is 3.88. The summed E-state index contributed by atoms with van der Waals surface area (Å²) in [5.41, 5.74) is 3.35. The number of benzene rings is 2. The van der Waals surface area contributed by atoms with E-state index in [2.05, 4.69) is 27.0 Å². The fourth-order valence-electron chi connectivity index (χ4n) is 2.31. The highest BCUT2D eigenvalue weighted by Crippen LogP contribution is 2.32. The van der Waals surface area contributed by atoms with Gasteiger partial charge in [0.25, 0.3) is 0 Å². The van der Waals surface area contributed by atoms with E-state index < -0.39 is 0 Å². The van der Waals surface area contributed by atoms with Crippen LogP contribution in [0, 0.1) is 11.3 Å². The molecule has 3 aromatic rings. The number of hydrogen-bond acceptors (Lipinski definition) is 3. The molecule has 0 spiro atoms. The average Bonchev–Trinajstić information content (AvgIpc) is 2.84. The van der Waals surface area contributed by atoms with E-state index in [1.165, 1.54) is 0 Å². The van der Waals surface area contributed by atoms with Crippen LogP contribution in [-0.2, 0) is 7.05 Å². The van der Waals surface area contributed by atoms with Gasteiger partial charge in [-0.15, -0.1) is 0 Å². The van der Waals surface area contributed by atoms with E-state index in [1.54, 1.807) is 19.2 Å². The minimum atomic E-state index is 0.608. The molecule has 0 aliphatic heterocycles. The highest BCUT2D eigenvalue weighted by molar-refractivity contribution is 9.10. The summed E-state index contributed by atoms with van der Waals surface area (Å²) in [4.78, 5) is 4.65. The van der Waals surface area contributed by atoms with E-state index >= 15 is 0 Å². The second-order valence-corrected chi connectivity index (χ2v) is 5.51. The number of nitriles is 1.